The zero-order valence-electron chi connectivity index (χ0n) is 12.0. The van der Waals surface area contributed by atoms with E-state index in [-0.39, 0.29) is 10.8 Å². The van der Waals surface area contributed by atoms with E-state index >= 15 is 0 Å². The van der Waals surface area contributed by atoms with Crippen molar-refractivity contribution in [2.24, 2.45) is 5.92 Å². The molecule has 1 heterocycles. The Labute approximate surface area is 123 Å². The van der Waals surface area contributed by atoms with Crippen molar-refractivity contribution in [3.05, 3.63) is 21.9 Å². The van der Waals surface area contributed by atoms with E-state index in [0.29, 0.717) is 10.9 Å². The summed E-state index contributed by atoms with van der Waals surface area (Å²) < 4.78 is 0. The normalized spacial score (nSPS) is 22.5. The number of nitrogens with zero attached hydrogens (tertiary/aromatic N) is 1. The highest BCUT2D eigenvalue weighted by Crippen LogP contribution is 2.30. The van der Waals surface area contributed by atoms with Crippen LogP contribution in [0.15, 0.2) is 12.1 Å². The molecule has 110 valence electrons. The van der Waals surface area contributed by atoms with E-state index in [1.165, 1.54) is 25.3 Å². The molecule has 0 atom stereocenters. The van der Waals surface area contributed by atoms with E-state index in [4.69, 9.17) is 5.11 Å². The van der Waals surface area contributed by atoms with Gasteiger partial charge in [-0.05, 0) is 43.7 Å². The Morgan fingerprint density at radius 3 is 2.35 bits per heavy atom. The molecule has 5 heteroatoms. The number of carbonyl (C=O) groups is 2. The summed E-state index contributed by atoms with van der Waals surface area (Å²) in [5, 5.41) is 8.91. The van der Waals surface area contributed by atoms with Crippen LogP contribution in [0.2, 0.25) is 0 Å². The fraction of sp³-hybridized carbons (Fsp3) is 0.600. The third kappa shape index (κ3) is 3.20. The Balaban J connectivity index is 1.99. The average Bonchev–Trinajstić information content (AvgIpc) is 2.96. The van der Waals surface area contributed by atoms with E-state index < -0.39 is 5.97 Å². The number of aromatic carboxylic acids is 1. The van der Waals surface area contributed by atoms with E-state index in [2.05, 4.69) is 6.92 Å². The molecule has 1 aromatic heterocycles. The highest BCUT2D eigenvalue weighted by molar-refractivity contribution is 7.15. The Hall–Kier alpha value is -1.36. The second-order valence-electron chi connectivity index (χ2n) is 5.47. The number of rotatable bonds is 4. The first-order valence-electron chi connectivity index (χ1n) is 7.13. The first-order chi connectivity index (χ1) is 9.52. The SMILES string of the molecule is CCC1CCC(N(C)C(=O)c2ccc(C(=O)O)s2)CC1. The van der Waals surface area contributed by atoms with Gasteiger partial charge in [0.2, 0.25) is 0 Å². The van der Waals surface area contributed by atoms with Crippen LogP contribution in [0.5, 0.6) is 0 Å². The van der Waals surface area contributed by atoms with Gasteiger partial charge >= 0.3 is 5.97 Å². The molecule has 0 saturated heterocycles. The van der Waals surface area contributed by atoms with Crippen molar-refractivity contribution in [1.29, 1.82) is 0 Å². The van der Waals surface area contributed by atoms with Gasteiger partial charge in [-0.25, -0.2) is 4.79 Å². The molecular weight excluding hydrogens is 274 g/mol. The molecule has 0 radical (unpaired) electrons. The molecule has 4 nitrogen and oxygen atoms in total. The van der Waals surface area contributed by atoms with E-state index in [1.54, 1.807) is 11.0 Å². The summed E-state index contributed by atoms with van der Waals surface area (Å²) in [6, 6.07) is 3.41. The molecule has 1 aromatic rings. The van der Waals surface area contributed by atoms with Crippen LogP contribution in [-0.2, 0) is 0 Å². The zero-order valence-corrected chi connectivity index (χ0v) is 12.8. The minimum atomic E-state index is -0.972. The fourth-order valence-electron chi connectivity index (χ4n) is 2.85. The van der Waals surface area contributed by atoms with Gasteiger partial charge in [-0.15, -0.1) is 11.3 Å². The molecule has 0 bridgehead atoms. The molecule has 1 aliphatic carbocycles. The van der Waals surface area contributed by atoms with Gasteiger partial charge in [-0.1, -0.05) is 13.3 Å². The van der Waals surface area contributed by atoms with Crippen molar-refractivity contribution in [3.63, 3.8) is 0 Å². The standard InChI is InChI=1S/C15H21NO3S/c1-3-10-4-6-11(7-5-10)16(2)14(17)12-8-9-13(20-12)15(18)19/h8-11H,3-7H2,1-2H3,(H,18,19). The van der Waals surface area contributed by atoms with Crippen molar-refractivity contribution >= 4 is 23.2 Å². The largest absolute Gasteiger partial charge is 0.477 e. The predicted octanol–water partition coefficient (Wildman–Crippen LogP) is 3.49. The van der Waals surface area contributed by atoms with Crippen molar-refractivity contribution in [2.75, 3.05) is 7.05 Å². The van der Waals surface area contributed by atoms with Crippen LogP contribution < -0.4 is 0 Å². The average molecular weight is 295 g/mol. The molecule has 0 aliphatic heterocycles. The van der Waals surface area contributed by atoms with Crippen LogP contribution in [0.25, 0.3) is 0 Å². The smallest absolute Gasteiger partial charge is 0.345 e. The van der Waals surface area contributed by atoms with E-state index in [0.717, 1.165) is 30.1 Å². The third-order valence-electron chi connectivity index (χ3n) is 4.29. The number of hydrogen-bond donors (Lipinski definition) is 1. The Morgan fingerprint density at radius 1 is 1.25 bits per heavy atom. The number of amides is 1. The summed E-state index contributed by atoms with van der Waals surface area (Å²) >= 11 is 1.06. The second kappa shape index (κ2) is 6.39. The van der Waals surface area contributed by atoms with Gasteiger partial charge in [0.25, 0.3) is 5.91 Å². The molecule has 20 heavy (non-hydrogen) atoms. The molecule has 0 aromatic carbocycles. The van der Waals surface area contributed by atoms with Gasteiger partial charge in [0.05, 0.1) is 4.88 Å². The van der Waals surface area contributed by atoms with Crippen LogP contribution in [0.3, 0.4) is 0 Å². The molecule has 0 unspecified atom stereocenters. The lowest BCUT2D eigenvalue weighted by Crippen LogP contribution is -2.39. The topological polar surface area (TPSA) is 57.6 Å². The summed E-state index contributed by atoms with van der Waals surface area (Å²) in [5.74, 6) is -0.224. The Morgan fingerprint density at radius 2 is 1.85 bits per heavy atom. The van der Waals surface area contributed by atoms with Crippen LogP contribution in [0.4, 0.5) is 0 Å². The number of carbonyl (C=O) groups excluding carboxylic acids is 1. The highest BCUT2D eigenvalue weighted by atomic mass is 32.1. The van der Waals surface area contributed by atoms with Gasteiger partial charge in [0, 0.05) is 13.1 Å². The molecule has 1 amide bonds. The van der Waals surface area contributed by atoms with E-state index in [9.17, 15) is 9.59 Å². The third-order valence-corrected chi connectivity index (χ3v) is 5.35. The summed E-state index contributed by atoms with van der Waals surface area (Å²) in [5.41, 5.74) is 0. The van der Waals surface area contributed by atoms with E-state index in [1.807, 2.05) is 7.05 Å². The summed E-state index contributed by atoms with van der Waals surface area (Å²) in [7, 11) is 1.83. The lowest BCUT2D eigenvalue weighted by molar-refractivity contribution is 0.0677. The summed E-state index contributed by atoms with van der Waals surface area (Å²) in [6.07, 6.45) is 5.69. The van der Waals surface area contributed by atoms with Gasteiger partial charge in [0.15, 0.2) is 0 Å². The maximum absolute atomic E-state index is 12.4. The molecule has 2 rings (SSSR count). The molecule has 1 N–H and O–H groups in total. The number of thiophene rings is 1. The molecule has 1 aliphatic rings. The summed E-state index contributed by atoms with van der Waals surface area (Å²) in [4.78, 5) is 25.8. The zero-order chi connectivity index (χ0) is 14.7. The van der Waals surface area contributed by atoms with Crippen LogP contribution in [0, 0.1) is 5.92 Å². The predicted molar refractivity (Wildman–Crippen MR) is 79.4 cm³/mol. The van der Waals surface area contributed by atoms with Crippen molar-refractivity contribution in [1.82, 2.24) is 4.90 Å². The van der Waals surface area contributed by atoms with Gasteiger partial charge in [-0.3, -0.25) is 4.79 Å². The fourth-order valence-corrected chi connectivity index (χ4v) is 3.68. The maximum atomic E-state index is 12.4. The monoisotopic (exact) mass is 295 g/mol. The van der Waals surface area contributed by atoms with Crippen molar-refractivity contribution < 1.29 is 14.7 Å². The minimum absolute atomic E-state index is 0.0533. The van der Waals surface area contributed by atoms with Crippen LogP contribution >= 0.6 is 11.3 Å². The quantitative estimate of drug-likeness (QED) is 0.925. The van der Waals surface area contributed by atoms with Crippen LogP contribution in [0.1, 0.15) is 58.4 Å². The van der Waals surface area contributed by atoms with Gasteiger partial charge < -0.3 is 10.0 Å². The first-order valence-corrected chi connectivity index (χ1v) is 7.94. The van der Waals surface area contributed by atoms with Gasteiger partial charge in [0.1, 0.15) is 4.88 Å². The molecular formula is C15H21NO3S. The molecule has 1 saturated carbocycles. The Kier molecular flexibility index (Phi) is 4.81. The first kappa shape index (κ1) is 15.0. The summed E-state index contributed by atoms with van der Waals surface area (Å²) in [6.45, 7) is 2.22. The number of carboxylic acids is 1. The number of carboxylic acid groups (broad SMARTS) is 1. The maximum Gasteiger partial charge on any atom is 0.345 e. The van der Waals surface area contributed by atoms with Crippen molar-refractivity contribution in [3.8, 4) is 0 Å². The Bertz CT molecular complexity index is 489. The highest BCUT2D eigenvalue weighted by Gasteiger charge is 2.27. The van der Waals surface area contributed by atoms with Gasteiger partial charge in [-0.2, -0.15) is 0 Å². The molecule has 1 fully saturated rings. The van der Waals surface area contributed by atoms with Crippen molar-refractivity contribution in [2.45, 2.75) is 45.1 Å². The molecule has 0 spiro atoms. The lowest BCUT2D eigenvalue weighted by Gasteiger charge is -2.34. The second-order valence-corrected chi connectivity index (χ2v) is 6.55. The lowest BCUT2D eigenvalue weighted by atomic mass is 9.84. The minimum Gasteiger partial charge on any atom is -0.477 e. The number of hydrogen-bond acceptors (Lipinski definition) is 3. The van der Waals surface area contributed by atoms with Crippen LogP contribution in [-0.4, -0.2) is 35.0 Å².